The van der Waals surface area contributed by atoms with Crippen LogP contribution >= 0.6 is 22.2 Å². The third kappa shape index (κ3) is 2.78. The average molecular weight is 213 g/mol. The Hall–Kier alpha value is 0.754. The molecule has 4 heteroatoms. The molecule has 0 aromatic carbocycles. The first kappa shape index (κ1) is 10.8. The van der Waals surface area contributed by atoms with Crippen molar-refractivity contribution in [3.05, 3.63) is 12.7 Å². The lowest BCUT2D eigenvalue weighted by atomic mass is 10.8. The topological polar surface area (TPSA) is 0 Å². The Bertz CT molecular complexity index is 126. The summed E-state index contributed by atoms with van der Waals surface area (Å²) in [5.74, 6) is 0. The van der Waals surface area contributed by atoms with Gasteiger partial charge in [0.05, 0.1) is 0 Å². The van der Waals surface area contributed by atoms with Crippen LogP contribution in [-0.2, 0) is 0 Å². The average Bonchev–Trinajstić information content (AvgIpc) is 1.61. The maximum Gasteiger partial charge on any atom is 0.165 e. The number of hydrogen-bond acceptors (Lipinski definition) is 0. The second-order valence-corrected chi connectivity index (χ2v) is 23.2. The van der Waals surface area contributed by atoms with E-state index in [1.807, 2.05) is 6.08 Å². The fourth-order valence-corrected chi connectivity index (χ4v) is 4.45. The van der Waals surface area contributed by atoms with E-state index in [9.17, 15) is 0 Å². The van der Waals surface area contributed by atoms with Crippen molar-refractivity contribution in [1.29, 1.82) is 0 Å². The van der Waals surface area contributed by atoms with E-state index >= 15 is 0 Å². The van der Waals surface area contributed by atoms with Crippen LogP contribution < -0.4 is 0 Å². The van der Waals surface area contributed by atoms with Crippen molar-refractivity contribution >= 4 is 36.0 Å². The van der Waals surface area contributed by atoms with E-state index in [1.54, 1.807) is 0 Å². The molecule has 1 unspecified atom stereocenters. The highest BCUT2D eigenvalue weighted by Crippen LogP contribution is 2.30. The molecule has 0 fully saturated rings. The first-order valence-corrected chi connectivity index (χ1v) is 12.0. The summed E-state index contributed by atoms with van der Waals surface area (Å²) in [6, 6.07) is 0.928. The summed E-state index contributed by atoms with van der Waals surface area (Å²) in [4.78, 5) is 0. The molecule has 0 spiro atoms. The van der Waals surface area contributed by atoms with Crippen LogP contribution in [0.25, 0.3) is 0 Å². The van der Waals surface area contributed by atoms with Crippen molar-refractivity contribution < 1.29 is 0 Å². The first-order valence-electron chi connectivity index (χ1n) is 3.30. The van der Waals surface area contributed by atoms with Crippen molar-refractivity contribution in [3.63, 3.8) is 0 Å². The van der Waals surface area contributed by atoms with Gasteiger partial charge in [-0.1, -0.05) is 25.7 Å². The molecule has 0 N–H and O–H groups in total. The van der Waals surface area contributed by atoms with Crippen LogP contribution in [0.3, 0.4) is 0 Å². The molecule has 0 aliphatic rings. The first-order chi connectivity index (χ1) is 4.31. The molecule has 0 amide bonds. The normalized spacial score (nSPS) is 18.1. The van der Waals surface area contributed by atoms with E-state index in [0.29, 0.717) is 0 Å². The second kappa shape index (κ2) is 3.43. The highest BCUT2D eigenvalue weighted by molar-refractivity contribution is 7.70. The molecule has 0 heterocycles. The Morgan fingerprint density at radius 2 is 1.70 bits per heavy atom. The highest BCUT2D eigenvalue weighted by Gasteiger charge is 2.41. The highest BCUT2D eigenvalue weighted by atomic mass is 35.6. The molecular formula is C6H14Cl2Si2. The van der Waals surface area contributed by atoms with Gasteiger partial charge < -0.3 is 0 Å². The lowest BCUT2D eigenvalue weighted by Gasteiger charge is -2.28. The lowest BCUT2D eigenvalue weighted by molar-refractivity contribution is 1.65. The van der Waals surface area contributed by atoms with E-state index in [-0.39, 0.29) is 0 Å². The van der Waals surface area contributed by atoms with Crippen molar-refractivity contribution in [2.75, 3.05) is 0 Å². The van der Waals surface area contributed by atoms with E-state index in [2.05, 4.69) is 26.2 Å². The van der Waals surface area contributed by atoms with Crippen LogP contribution in [-0.4, -0.2) is 13.8 Å². The van der Waals surface area contributed by atoms with Gasteiger partial charge in [0.25, 0.3) is 0 Å². The van der Waals surface area contributed by atoms with Crippen LogP contribution in [0.4, 0.5) is 0 Å². The Morgan fingerprint density at radius 1 is 1.30 bits per heavy atom. The molecule has 1 atom stereocenters. The summed E-state index contributed by atoms with van der Waals surface area (Å²) in [7, 11) is 0. The summed E-state index contributed by atoms with van der Waals surface area (Å²) < 4.78 is 0. The fourth-order valence-electron chi connectivity index (χ4n) is 0.514. The monoisotopic (exact) mass is 212 g/mol. The molecule has 0 bridgehead atoms. The molecule has 0 saturated carbocycles. The molecule has 0 saturated heterocycles. The van der Waals surface area contributed by atoms with Gasteiger partial charge in [0, 0.05) is 0 Å². The second-order valence-electron chi connectivity index (χ2n) is 3.16. The number of halogens is 2. The Kier molecular flexibility index (Phi) is 3.69. The van der Waals surface area contributed by atoms with Gasteiger partial charge in [-0.25, -0.2) is 0 Å². The minimum absolute atomic E-state index is 0.928. The standard InChI is InChI=1S/C6H14Cl2Si2/c1-5-6-10(4,8)9(2,3)7/h5H,1,6H2,2-4H3. The zero-order valence-electron chi connectivity index (χ0n) is 6.75. The van der Waals surface area contributed by atoms with Crippen LogP contribution in [0.2, 0.25) is 25.7 Å². The summed E-state index contributed by atoms with van der Waals surface area (Å²) in [6.07, 6.45) is 1.89. The van der Waals surface area contributed by atoms with Crippen LogP contribution in [0, 0.1) is 0 Å². The Labute approximate surface area is 74.4 Å². The summed E-state index contributed by atoms with van der Waals surface area (Å²) in [5.41, 5.74) is 0. The molecule has 0 aromatic heterocycles. The largest absolute Gasteiger partial charge is 0.170 e. The maximum absolute atomic E-state index is 6.31. The van der Waals surface area contributed by atoms with Gasteiger partial charge in [0.15, 0.2) is 13.8 Å². The molecule has 0 aliphatic heterocycles. The van der Waals surface area contributed by atoms with E-state index in [1.165, 1.54) is 0 Å². The number of rotatable bonds is 3. The molecule has 60 valence electrons. The van der Waals surface area contributed by atoms with Crippen LogP contribution in [0.1, 0.15) is 0 Å². The Balaban J connectivity index is 4.23. The zero-order valence-corrected chi connectivity index (χ0v) is 10.3. The quantitative estimate of drug-likeness (QED) is 0.382. The SMILES string of the molecule is C=CC[Si](C)(Cl)[Si](C)(C)Cl. The van der Waals surface area contributed by atoms with E-state index < -0.39 is 13.8 Å². The maximum atomic E-state index is 6.31. The van der Waals surface area contributed by atoms with Crippen molar-refractivity contribution in [1.82, 2.24) is 0 Å². The van der Waals surface area contributed by atoms with Crippen molar-refractivity contribution in [2.24, 2.45) is 0 Å². The van der Waals surface area contributed by atoms with Gasteiger partial charge in [-0.05, 0) is 6.04 Å². The molecule has 0 rings (SSSR count). The fraction of sp³-hybridized carbons (Fsp3) is 0.667. The number of allylic oxidation sites excluding steroid dienone is 1. The zero-order chi connectivity index (χ0) is 8.41. The third-order valence-electron chi connectivity index (χ3n) is 1.77. The Morgan fingerprint density at radius 3 is 1.80 bits per heavy atom. The predicted octanol–water partition coefficient (Wildman–Crippen LogP) is 3.51. The minimum atomic E-state index is -1.65. The van der Waals surface area contributed by atoms with Crippen molar-refractivity contribution in [3.8, 4) is 0 Å². The van der Waals surface area contributed by atoms with Crippen molar-refractivity contribution in [2.45, 2.75) is 25.7 Å². The molecular weight excluding hydrogens is 199 g/mol. The van der Waals surface area contributed by atoms with Gasteiger partial charge in [-0.2, -0.15) is 22.2 Å². The molecule has 0 nitrogen and oxygen atoms in total. The molecule has 0 aromatic rings. The van der Waals surface area contributed by atoms with Gasteiger partial charge >= 0.3 is 0 Å². The van der Waals surface area contributed by atoms with Gasteiger partial charge in [0.1, 0.15) is 0 Å². The smallest absolute Gasteiger partial charge is 0.165 e. The summed E-state index contributed by atoms with van der Waals surface area (Å²) >= 11 is 12.5. The molecule has 10 heavy (non-hydrogen) atoms. The molecule has 0 radical (unpaired) electrons. The summed E-state index contributed by atoms with van der Waals surface area (Å²) in [5, 5.41) is 0. The van der Waals surface area contributed by atoms with E-state index in [4.69, 9.17) is 22.2 Å². The van der Waals surface area contributed by atoms with Gasteiger partial charge in [-0.15, -0.1) is 6.58 Å². The van der Waals surface area contributed by atoms with Gasteiger partial charge in [0.2, 0.25) is 0 Å². The molecule has 0 aliphatic carbocycles. The minimum Gasteiger partial charge on any atom is -0.170 e. The summed E-state index contributed by atoms with van der Waals surface area (Å²) in [6.45, 7) is 6.76. The van der Waals surface area contributed by atoms with Gasteiger partial charge in [-0.3, -0.25) is 0 Å². The predicted molar refractivity (Wildman–Crippen MR) is 55.8 cm³/mol. The lowest BCUT2D eigenvalue weighted by Crippen LogP contribution is -2.47. The van der Waals surface area contributed by atoms with E-state index in [0.717, 1.165) is 6.04 Å². The number of hydrogen-bond donors (Lipinski definition) is 0. The third-order valence-corrected chi connectivity index (χ3v) is 22.7. The van der Waals surface area contributed by atoms with Crippen LogP contribution in [0.5, 0.6) is 0 Å². The van der Waals surface area contributed by atoms with Crippen LogP contribution in [0.15, 0.2) is 12.7 Å².